The van der Waals surface area contributed by atoms with Gasteiger partial charge in [-0.2, -0.15) is 0 Å². The Kier molecular flexibility index (Phi) is 5.55. The Labute approximate surface area is 161 Å². The van der Waals surface area contributed by atoms with Gasteiger partial charge in [0.15, 0.2) is 0 Å². The van der Waals surface area contributed by atoms with Crippen LogP contribution in [0, 0.1) is 5.82 Å². The van der Waals surface area contributed by atoms with Crippen molar-refractivity contribution in [2.75, 3.05) is 43.1 Å². The Balaban J connectivity index is 1.33. The first kappa shape index (κ1) is 17.8. The molecule has 1 aliphatic heterocycles. The molecular formula is C19H20FN5OS. The van der Waals surface area contributed by atoms with E-state index >= 15 is 0 Å². The van der Waals surface area contributed by atoms with Crippen molar-refractivity contribution in [1.82, 2.24) is 15.0 Å². The average Bonchev–Trinajstić information content (AvgIpc) is 3.18. The van der Waals surface area contributed by atoms with Crippen LogP contribution in [0.25, 0.3) is 10.6 Å². The van der Waals surface area contributed by atoms with E-state index in [1.807, 2.05) is 11.4 Å². The summed E-state index contributed by atoms with van der Waals surface area (Å²) in [6.07, 6.45) is 2.37. The van der Waals surface area contributed by atoms with Gasteiger partial charge >= 0.3 is 0 Å². The van der Waals surface area contributed by atoms with Gasteiger partial charge in [-0.25, -0.2) is 19.3 Å². The summed E-state index contributed by atoms with van der Waals surface area (Å²) < 4.78 is 18.4. The van der Waals surface area contributed by atoms with Crippen molar-refractivity contribution in [3.63, 3.8) is 0 Å². The zero-order valence-electron chi connectivity index (χ0n) is 14.8. The predicted octanol–water partition coefficient (Wildman–Crippen LogP) is 3.23. The second kappa shape index (κ2) is 8.41. The van der Waals surface area contributed by atoms with Crippen LogP contribution in [0.5, 0.6) is 0 Å². The molecule has 0 saturated carbocycles. The summed E-state index contributed by atoms with van der Waals surface area (Å²) in [6, 6.07) is 8.39. The number of ether oxygens (including phenoxy) is 1. The number of benzene rings is 1. The van der Waals surface area contributed by atoms with Crippen LogP contribution >= 0.6 is 11.3 Å². The lowest BCUT2D eigenvalue weighted by Crippen LogP contribution is -2.36. The number of halogens is 1. The van der Waals surface area contributed by atoms with Gasteiger partial charge in [0.2, 0.25) is 0 Å². The standard InChI is InChI=1S/C19H20FN5OS/c20-15-3-1-14(2-4-15)19-24-16(12-27-19)5-6-21-17-11-18(23-13-22-17)25-7-9-26-10-8-25/h1-4,11-13H,5-10H2,(H,21,22,23). The fourth-order valence-electron chi connectivity index (χ4n) is 2.87. The summed E-state index contributed by atoms with van der Waals surface area (Å²) in [5, 5.41) is 6.28. The van der Waals surface area contributed by atoms with Gasteiger partial charge in [0.1, 0.15) is 28.8 Å². The van der Waals surface area contributed by atoms with Gasteiger partial charge in [-0.05, 0) is 24.3 Å². The minimum absolute atomic E-state index is 0.235. The van der Waals surface area contributed by atoms with Crippen molar-refractivity contribution in [3.8, 4) is 10.6 Å². The number of anilines is 2. The molecule has 3 aromatic rings. The highest BCUT2D eigenvalue weighted by atomic mass is 32.1. The molecule has 1 fully saturated rings. The molecule has 2 aromatic heterocycles. The van der Waals surface area contributed by atoms with Gasteiger partial charge in [-0.3, -0.25) is 0 Å². The maximum atomic E-state index is 13.0. The van der Waals surface area contributed by atoms with E-state index < -0.39 is 0 Å². The topological polar surface area (TPSA) is 63.2 Å². The van der Waals surface area contributed by atoms with E-state index in [4.69, 9.17) is 4.74 Å². The molecule has 0 bridgehead atoms. The monoisotopic (exact) mass is 385 g/mol. The first-order valence-corrected chi connectivity index (χ1v) is 9.75. The van der Waals surface area contributed by atoms with Crippen LogP contribution in [0.4, 0.5) is 16.0 Å². The van der Waals surface area contributed by atoms with E-state index in [9.17, 15) is 4.39 Å². The molecule has 0 radical (unpaired) electrons. The Morgan fingerprint density at radius 3 is 2.78 bits per heavy atom. The number of hydrogen-bond acceptors (Lipinski definition) is 7. The largest absolute Gasteiger partial charge is 0.378 e. The van der Waals surface area contributed by atoms with Gasteiger partial charge in [0, 0.05) is 43.1 Å². The Morgan fingerprint density at radius 2 is 1.96 bits per heavy atom. The third-order valence-electron chi connectivity index (χ3n) is 4.32. The molecule has 0 unspecified atom stereocenters. The Hall–Kier alpha value is -2.58. The summed E-state index contributed by atoms with van der Waals surface area (Å²) >= 11 is 1.57. The van der Waals surface area contributed by atoms with Crippen LogP contribution in [-0.4, -0.2) is 47.8 Å². The van der Waals surface area contributed by atoms with Gasteiger partial charge in [-0.1, -0.05) is 0 Å². The molecular weight excluding hydrogens is 365 g/mol. The van der Waals surface area contributed by atoms with E-state index in [2.05, 4.69) is 25.2 Å². The zero-order valence-corrected chi connectivity index (χ0v) is 15.6. The molecule has 140 valence electrons. The predicted molar refractivity (Wildman–Crippen MR) is 105 cm³/mol. The molecule has 27 heavy (non-hydrogen) atoms. The lowest BCUT2D eigenvalue weighted by Gasteiger charge is -2.27. The molecule has 3 heterocycles. The zero-order chi connectivity index (χ0) is 18.5. The fraction of sp³-hybridized carbons (Fsp3) is 0.316. The highest BCUT2D eigenvalue weighted by molar-refractivity contribution is 7.13. The smallest absolute Gasteiger partial charge is 0.134 e. The molecule has 1 saturated heterocycles. The van der Waals surface area contributed by atoms with Gasteiger partial charge in [0.25, 0.3) is 0 Å². The SMILES string of the molecule is Fc1ccc(-c2nc(CCNc3cc(N4CCOCC4)ncn3)cs2)cc1. The van der Waals surface area contributed by atoms with Gasteiger partial charge in [0.05, 0.1) is 18.9 Å². The molecule has 0 atom stereocenters. The summed E-state index contributed by atoms with van der Waals surface area (Å²) in [7, 11) is 0. The maximum absolute atomic E-state index is 13.0. The highest BCUT2D eigenvalue weighted by Crippen LogP contribution is 2.24. The van der Waals surface area contributed by atoms with Crippen molar-refractivity contribution in [2.24, 2.45) is 0 Å². The summed E-state index contributed by atoms with van der Waals surface area (Å²) in [6.45, 7) is 3.88. The minimum Gasteiger partial charge on any atom is -0.378 e. The van der Waals surface area contributed by atoms with Crippen molar-refractivity contribution in [1.29, 1.82) is 0 Å². The average molecular weight is 385 g/mol. The van der Waals surface area contributed by atoms with E-state index in [0.717, 1.165) is 67.2 Å². The molecule has 4 rings (SSSR count). The second-order valence-corrected chi connectivity index (χ2v) is 7.05. The van der Waals surface area contributed by atoms with E-state index in [1.165, 1.54) is 12.1 Å². The van der Waals surface area contributed by atoms with Crippen molar-refractivity contribution in [2.45, 2.75) is 6.42 Å². The Morgan fingerprint density at radius 1 is 1.15 bits per heavy atom. The first-order chi connectivity index (χ1) is 13.3. The molecule has 1 N–H and O–H groups in total. The van der Waals surface area contributed by atoms with Gasteiger partial charge in [-0.15, -0.1) is 11.3 Å². The van der Waals surface area contributed by atoms with Crippen molar-refractivity contribution < 1.29 is 9.13 Å². The van der Waals surface area contributed by atoms with Crippen LogP contribution in [0.15, 0.2) is 42.0 Å². The molecule has 0 aliphatic carbocycles. The number of nitrogens with zero attached hydrogens (tertiary/aromatic N) is 4. The number of nitrogens with one attached hydrogen (secondary N) is 1. The van der Waals surface area contributed by atoms with E-state index in [1.54, 1.807) is 29.8 Å². The molecule has 6 nitrogen and oxygen atoms in total. The number of hydrogen-bond donors (Lipinski definition) is 1. The number of morpholine rings is 1. The third kappa shape index (κ3) is 4.58. The molecule has 0 spiro atoms. The number of aromatic nitrogens is 3. The highest BCUT2D eigenvalue weighted by Gasteiger charge is 2.13. The lowest BCUT2D eigenvalue weighted by molar-refractivity contribution is 0.122. The third-order valence-corrected chi connectivity index (χ3v) is 5.26. The van der Waals surface area contributed by atoms with E-state index in [0.29, 0.717) is 0 Å². The summed E-state index contributed by atoms with van der Waals surface area (Å²) in [5.74, 6) is 1.49. The molecule has 8 heteroatoms. The summed E-state index contributed by atoms with van der Waals surface area (Å²) in [5.41, 5.74) is 1.95. The van der Waals surface area contributed by atoms with Gasteiger partial charge < -0.3 is 15.0 Å². The molecule has 1 aliphatic rings. The second-order valence-electron chi connectivity index (χ2n) is 6.19. The molecule has 0 amide bonds. The van der Waals surface area contributed by atoms with E-state index in [-0.39, 0.29) is 5.82 Å². The van der Waals surface area contributed by atoms with Crippen molar-refractivity contribution >= 4 is 23.0 Å². The normalized spacial score (nSPS) is 14.3. The number of thiazole rings is 1. The van der Waals surface area contributed by atoms with Crippen LogP contribution in [0.1, 0.15) is 5.69 Å². The maximum Gasteiger partial charge on any atom is 0.134 e. The number of rotatable bonds is 6. The minimum atomic E-state index is -0.235. The van der Waals surface area contributed by atoms with Crippen LogP contribution < -0.4 is 10.2 Å². The van der Waals surface area contributed by atoms with Crippen LogP contribution in [-0.2, 0) is 11.2 Å². The quantitative estimate of drug-likeness (QED) is 0.703. The lowest BCUT2D eigenvalue weighted by atomic mass is 10.2. The van der Waals surface area contributed by atoms with Crippen LogP contribution in [0.3, 0.4) is 0 Å². The fourth-order valence-corrected chi connectivity index (χ4v) is 3.73. The van der Waals surface area contributed by atoms with Crippen molar-refractivity contribution in [3.05, 3.63) is 53.6 Å². The summed E-state index contributed by atoms with van der Waals surface area (Å²) in [4.78, 5) is 15.5. The first-order valence-electron chi connectivity index (χ1n) is 8.87. The van der Waals surface area contributed by atoms with Crippen LogP contribution in [0.2, 0.25) is 0 Å². The Bertz CT molecular complexity index is 880. The molecule has 1 aromatic carbocycles.